The van der Waals surface area contributed by atoms with Crippen LogP contribution in [0.3, 0.4) is 0 Å². The molecular formula is C18H27N3O2. The molecule has 2 rings (SSSR count). The van der Waals surface area contributed by atoms with E-state index in [-0.39, 0.29) is 18.0 Å². The Morgan fingerprint density at radius 3 is 2.70 bits per heavy atom. The zero-order valence-corrected chi connectivity index (χ0v) is 14.5. The second-order valence-corrected chi connectivity index (χ2v) is 6.76. The lowest BCUT2D eigenvalue weighted by Gasteiger charge is -2.18. The van der Waals surface area contributed by atoms with Gasteiger partial charge in [0.25, 0.3) is 0 Å². The number of rotatable bonds is 5. The summed E-state index contributed by atoms with van der Waals surface area (Å²) in [7, 11) is 0. The zero-order chi connectivity index (χ0) is 17.0. The highest BCUT2D eigenvalue weighted by molar-refractivity contribution is 5.96. The molecule has 1 unspecified atom stereocenters. The molecule has 1 aliphatic rings. The van der Waals surface area contributed by atoms with Crippen molar-refractivity contribution in [2.24, 2.45) is 5.92 Å². The summed E-state index contributed by atoms with van der Waals surface area (Å²) >= 11 is 0. The lowest BCUT2D eigenvalue weighted by Crippen LogP contribution is -2.43. The van der Waals surface area contributed by atoms with E-state index in [2.05, 4.69) is 31.4 Å². The average Bonchev–Trinajstić information content (AvgIpc) is 2.82. The fourth-order valence-corrected chi connectivity index (χ4v) is 2.66. The van der Waals surface area contributed by atoms with Gasteiger partial charge in [-0.15, -0.1) is 0 Å². The van der Waals surface area contributed by atoms with Crippen LogP contribution in [0.15, 0.2) is 18.2 Å². The minimum atomic E-state index is -0.189. The first-order valence-electron chi connectivity index (χ1n) is 8.28. The Kier molecular flexibility index (Phi) is 5.64. The molecule has 0 spiro atoms. The molecule has 0 bridgehead atoms. The van der Waals surface area contributed by atoms with E-state index in [1.54, 1.807) is 4.90 Å². The third-order valence-electron chi connectivity index (χ3n) is 4.27. The van der Waals surface area contributed by atoms with Crippen molar-refractivity contribution in [2.45, 2.75) is 46.6 Å². The molecule has 1 fully saturated rings. The van der Waals surface area contributed by atoms with Crippen molar-refractivity contribution >= 4 is 17.6 Å². The highest BCUT2D eigenvalue weighted by atomic mass is 16.2. The molecule has 1 aromatic rings. The number of benzene rings is 1. The molecule has 1 aromatic carbocycles. The van der Waals surface area contributed by atoms with Crippen LogP contribution in [0.2, 0.25) is 0 Å². The van der Waals surface area contributed by atoms with Gasteiger partial charge in [0, 0.05) is 25.2 Å². The Morgan fingerprint density at radius 1 is 1.30 bits per heavy atom. The lowest BCUT2D eigenvalue weighted by atomic mass is 10.1. The molecular weight excluding hydrogens is 290 g/mol. The molecule has 1 atom stereocenters. The van der Waals surface area contributed by atoms with Crippen LogP contribution in [0.4, 0.5) is 10.5 Å². The molecule has 5 nitrogen and oxygen atoms in total. The van der Waals surface area contributed by atoms with Gasteiger partial charge < -0.3 is 15.5 Å². The van der Waals surface area contributed by atoms with Crippen LogP contribution in [0, 0.1) is 19.8 Å². The predicted octanol–water partition coefficient (Wildman–Crippen LogP) is 2.75. The SMILES string of the molecule is Cc1ccc(N2CC(NC(=O)NCCC(C)C)CC2=O)cc1C. The Balaban J connectivity index is 1.89. The number of nitrogens with one attached hydrogen (secondary N) is 2. The van der Waals surface area contributed by atoms with Crippen LogP contribution in [-0.2, 0) is 4.79 Å². The quantitative estimate of drug-likeness (QED) is 0.877. The molecule has 0 saturated carbocycles. The Hall–Kier alpha value is -2.04. The largest absolute Gasteiger partial charge is 0.338 e. The van der Waals surface area contributed by atoms with Crippen molar-refractivity contribution in [3.63, 3.8) is 0 Å². The molecule has 5 heteroatoms. The summed E-state index contributed by atoms with van der Waals surface area (Å²) in [5.74, 6) is 0.615. The van der Waals surface area contributed by atoms with Crippen molar-refractivity contribution in [1.82, 2.24) is 10.6 Å². The van der Waals surface area contributed by atoms with E-state index >= 15 is 0 Å². The van der Waals surface area contributed by atoms with Gasteiger partial charge in [0.1, 0.15) is 0 Å². The van der Waals surface area contributed by atoms with E-state index in [0.29, 0.717) is 25.4 Å². The molecule has 23 heavy (non-hydrogen) atoms. The van der Waals surface area contributed by atoms with Crippen molar-refractivity contribution < 1.29 is 9.59 Å². The number of urea groups is 1. The van der Waals surface area contributed by atoms with E-state index in [9.17, 15) is 9.59 Å². The highest BCUT2D eigenvalue weighted by Gasteiger charge is 2.31. The zero-order valence-electron chi connectivity index (χ0n) is 14.5. The van der Waals surface area contributed by atoms with E-state index in [1.165, 1.54) is 5.56 Å². The summed E-state index contributed by atoms with van der Waals surface area (Å²) in [5.41, 5.74) is 3.28. The average molecular weight is 317 g/mol. The van der Waals surface area contributed by atoms with Gasteiger partial charge in [-0.3, -0.25) is 4.79 Å². The van der Waals surface area contributed by atoms with Gasteiger partial charge in [-0.2, -0.15) is 0 Å². The van der Waals surface area contributed by atoms with E-state index in [4.69, 9.17) is 0 Å². The molecule has 126 valence electrons. The Labute approximate surface area is 138 Å². The standard InChI is InChI=1S/C18H27N3O2/c1-12(2)7-8-19-18(23)20-15-10-17(22)21(11-15)16-6-5-13(3)14(4)9-16/h5-6,9,12,15H,7-8,10-11H2,1-4H3,(H2,19,20,23). The Bertz CT molecular complexity index is 584. The number of hydrogen-bond donors (Lipinski definition) is 2. The molecule has 2 N–H and O–H groups in total. The molecule has 3 amide bonds. The van der Waals surface area contributed by atoms with Gasteiger partial charge in [0.2, 0.25) is 5.91 Å². The van der Waals surface area contributed by atoms with Crippen LogP contribution in [0.25, 0.3) is 0 Å². The second kappa shape index (κ2) is 7.49. The monoisotopic (exact) mass is 317 g/mol. The third kappa shape index (κ3) is 4.71. The summed E-state index contributed by atoms with van der Waals surface area (Å²) in [6.45, 7) is 9.52. The number of carbonyl (C=O) groups excluding carboxylic acids is 2. The van der Waals surface area contributed by atoms with Gasteiger partial charge in [-0.05, 0) is 49.4 Å². The van der Waals surface area contributed by atoms with Gasteiger partial charge in [0.05, 0.1) is 6.04 Å². The van der Waals surface area contributed by atoms with Crippen molar-refractivity contribution in [2.75, 3.05) is 18.0 Å². The van der Waals surface area contributed by atoms with E-state index < -0.39 is 0 Å². The smallest absolute Gasteiger partial charge is 0.315 e. The minimum absolute atomic E-state index is 0.0562. The molecule has 1 aliphatic heterocycles. The van der Waals surface area contributed by atoms with Crippen molar-refractivity contribution in [1.29, 1.82) is 0 Å². The van der Waals surface area contributed by atoms with Crippen LogP contribution in [-0.4, -0.2) is 31.1 Å². The fraction of sp³-hybridized carbons (Fsp3) is 0.556. The summed E-state index contributed by atoms with van der Waals surface area (Å²) in [4.78, 5) is 25.9. The first-order chi connectivity index (χ1) is 10.9. The van der Waals surface area contributed by atoms with Crippen LogP contribution < -0.4 is 15.5 Å². The first-order valence-corrected chi connectivity index (χ1v) is 8.28. The number of hydrogen-bond acceptors (Lipinski definition) is 2. The van der Waals surface area contributed by atoms with Gasteiger partial charge in [0.15, 0.2) is 0 Å². The normalized spacial score (nSPS) is 17.7. The molecule has 1 saturated heterocycles. The van der Waals surface area contributed by atoms with E-state index in [1.807, 2.05) is 25.1 Å². The maximum atomic E-state index is 12.2. The maximum Gasteiger partial charge on any atom is 0.315 e. The predicted molar refractivity (Wildman–Crippen MR) is 92.7 cm³/mol. The molecule has 1 heterocycles. The number of aryl methyl sites for hydroxylation is 2. The lowest BCUT2D eigenvalue weighted by molar-refractivity contribution is -0.117. The molecule has 0 aliphatic carbocycles. The van der Waals surface area contributed by atoms with Gasteiger partial charge in [-0.1, -0.05) is 19.9 Å². The first kappa shape index (κ1) is 17.3. The number of nitrogens with zero attached hydrogens (tertiary/aromatic N) is 1. The van der Waals surface area contributed by atoms with Crippen LogP contribution >= 0.6 is 0 Å². The van der Waals surface area contributed by atoms with Gasteiger partial charge in [-0.25, -0.2) is 4.79 Å². The Morgan fingerprint density at radius 2 is 2.04 bits per heavy atom. The fourth-order valence-electron chi connectivity index (χ4n) is 2.66. The minimum Gasteiger partial charge on any atom is -0.338 e. The second-order valence-electron chi connectivity index (χ2n) is 6.76. The maximum absolute atomic E-state index is 12.2. The van der Waals surface area contributed by atoms with Crippen molar-refractivity contribution in [3.05, 3.63) is 29.3 Å². The van der Waals surface area contributed by atoms with Crippen LogP contribution in [0.1, 0.15) is 37.8 Å². The third-order valence-corrected chi connectivity index (χ3v) is 4.27. The number of carbonyl (C=O) groups is 2. The molecule has 0 aromatic heterocycles. The number of amides is 3. The van der Waals surface area contributed by atoms with Gasteiger partial charge >= 0.3 is 6.03 Å². The molecule has 0 radical (unpaired) electrons. The summed E-state index contributed by atoms with van der Waals surface area (Å²) in [5, 5.41) is 5.74. The summed E-state index contributed by atoms with van der Waals surface area (Å²) < 4.78 is 0. The van der Waals surface area contributed by atoms with Crippen LogP contribution in [0.5, 0.6) is 0 Å². The topological polar surface area (TPSA) is 61.4 Å². The highest BCUT2D eigenvalue weighted by Crippen LogP contribution is 2.24. The summed E-state index contributed by atoms with van der Waals surface area (Å²) in [6, 6.07) is 5.69. The number of anilines is 1. The van der Waals surface area contributed by atoms with Crippen molar-refractivity contribution in [3.8, 4) is 0 Å². The van der Waals surface area contributed by atoms with E-state index in [0.717, 1.165) is 17.7 Å². The summed E-state index contributed by atoms with van der Waals surface area (Å²) in [6.07, 6.45) is 1.30.